The van der Waals surface area contributed by atoms with Crippen molar-refractivity contribution in [1.29, 1.82) is 0 Å². The first-order valence-electron chi connectivity index (χ1n) is 5.90. The van der Waals surface area contributed by atoms with Gasteiger partial charge in [0, 0.05) is 6.54 Å². The molecule has 0 heterocycles. The Kier molecular flexibility index (Phi) is 5.45. The number of ether oxygens (including phenoxy) is 1. The molecule has 0 aliphatic heterocycles. The number of hydrogen-bond donors (Lipinski definition) is 2. The van der Waals surface area contributed by atoms with E-state index in [9.17, 15) is 0 Å². The molecule has 1 aromatic carbocycles. The summed E-state index contributed by atoms with van der Waals surface area (Å²) < 4.78 is 5.69. The van der Waals surface area contributed by atoms with E-state index >= 15 is 0 Å². The van der Waals surface area contributed by atoms with Crippen LogP contribution in [0.3, 0.4) is 0 Å². The third kappa shape index (κ3) is 4.25. The molecule has 0 unspecified atom stereocenters. The third-order valence-electron chi connectivity index (χ3n) is 2.53. The van der Waals surface area contributed by atoms with Gasteiger partial charge < -0.3 is 20.6 Å². The summed E-state index contributed by atoms with van der Waals surface area (Å²) in [6, 6.07) is 5.59. The summed E-state index contributed by atoms with van der Waals surface area (Å²) in [5.74, 6) is 0.724. The van der Waals surface area contributed by atoms with E-state index in [0.717, 1.165) is 18.5 Å². The number of nitrogens with zero attached hydrogens (tertiary/aromatic N) is 2. The first-order valence-corrected chi connectivity index (χ1v) is 5.90. The van der Waals surface area contributed by atoms with Gasteiger partial charge in [-0.1, -0.05) is 11.2 Å². The predicted octanol–water partition coefficient (Wildman–Crippen LogP) is 1.42. The van der Waals surface area contributed by atoms with Crippen molar-refractivity contribution in [2.45, 2.75) is 13.3 Å². The molecule has 1 aromatic rings. The Hall–Kier alpha value is -1.75. The van der Waals surface area contributed by atoms with Crippen LogP contribution in [0.5, 0.6) is 5.75 Å². The molecule has 5 heteroatoms. The van der Waals surface area contributed by atoms with E-state index in [2.05, 4.69) is 10.1 Å². The zero-order valence-corrected chi connectivity index (χ0v) is 11.2. The predicted molar refractivity (Wildman–Crippen MR) is 72.4 cm³/mol. The van der Waals surface area contributed by atoms with Crippen LogP contribution in [-0.4, -0.2) is 43.2 Å². The molecule has 3 N–H and O–H groups in total. The van der Waals surface area contributed by atoms with Crippen molar-refractivity contribution in [2.24, 2.45) is 10.9 Å². The monoisotopic (exact) mass is 251 g/mol. The number of hydrogen-bond acceptors (Lipinski definition) is 4. The van der Waals surface area contributed by atoms with Gasteiger partial charge in [0.05, 0.1) is 12.2 Å². The highest BCUT2D eigenvalue weighted by molar-refractivity contribution is 5.99. The van der Waals surface area contributed by atoms with Crippen LogP contribution >= 0.6 is 0 Å². The van der Waals surface area contributed by atoms with E-state index in [1.807, 2.05) is 33.2 Å². The highest BCUT2D eigenvalue weighted by Gasteiger charge is 2.08. The molecule has 0 aromatic heterocycles. The van der Waals surface area contributed by atoms with Crippen molar-refractivity contribution in [2.75, 3.05) is 27.2 Å². The molecule has 0 atom stereocenters. The summed E-state index contributed by atoms with van der Waals surface area (Å²) >= 11 is 0. The smallest absolute Gasteiger partial charge is 0.173 e. The highest BCUT2D eigenvalue weighted by Crippen LogP contribution is 2.20. The van der Waals surface area contributed by atoms with Gasteiger partial charge in [0.2, 0.25) is 0 Å². The largest absolute Gasteiger partial charge is 0.493 e. The Labute approximate surface area is 108 Å². The Bertz CT molecular complexity index is 417. The molecule has 0 saturated carbocycles. The number of oxime groups is 1. The lowest BCUT2D eigenvalue weighted by molar-refractivity contribution is 0.280. The molecule has 18 heavy (non-hydrogen) atoms. The standard InChI is InChI=1S/C13H21N3O2/c1-10-5-6-11(13(14)15-17)12(9-10)18-8-4-7-16(2)3/h5-6,9,17H,4,7-8H2,1-3H3,(H2,14,15). The van der Waals surface area contributed by atoms with E-state index < -0.39 is 0 Å². The van der Waals surface area contributed by atoms with Gasteiger partial charge in [0.25, 0.3) is 0 Å². The summed E-state index contributed by atoms with van der Waals surface area (Å²) in [7, 11) is 4.04. The second-order valence-corrected chi connectivity index (χ2v) is 4.49. The van der Waals surface area contributed by atoms with Crippen LogP contribution in [-0.2, 0) is 0 Å². The average Bonchev–Trinajstić information content (AvgIpc) is 2.33. The van der Waals surface area contributed by atoms with Crippen molar-refractivity contribution in [1.82, 2.24) is 4.90 Å². The van der Waals surface area contributed by atoms with Gasteiger partial charge in [-0.2, -0.15) is 0 Å². The van der Waals surface area contributed by atoms with Gasteiger partial charge in [-0.3, -0.25) is 0 Å². The lowest BCUT2D eigenvalue weighted by atomic mass is 10.1. The second-order valence-electron chi connectivity index (χ2n) is 4.49. The molecule has 5 nitrogen and oxygen atoms in total. The van der Waals surface area contributed by atoms with E-state index in [1.165, 1.54) is 0 Å². The topological polar surface area (TPSA) is 71.1 Å². The summed E-state index contributed by atoms with van der Waals surface area (Å²) in [4.78, 5) is 2.10. The molecule has 0 saturated heterocycles. The van der Waals surface area contributed by atoms with Crippen molar-refractivity contribution in [3.05, 3.63) is 29.3 Å². The second kappa shape index (κ2) is 6.86. The van der Waals surface area contributed by atoms with Crippen LogP contribution in [0.25, 0.3) is 0 Å². The number of amidine groups is 1. The van der Waals surface area contributed by atoms with Gasteiger partial charge >= 0.3 is 0 Å². The number of benzene rings is 1. The minimum atomic E-state index is 0.0672. The molecule has 0 bridgehead atoms. The third-order valence-corrected chi connectivity index (χ3v) is 2.53. The first kappa shape index (κ1) is 14.3. The molecular formula is C13H21N3O2. The fourth-order valence-electron chi connectivity index (χ4n) is 1.58. The Morgan fingerprint density at radius 1 is 1.44 bits per heavy atom. The Morgan fingerprint density at radius 3 is 2.78 bits per heavy atom. The van der Waals surface area contributed by atoms with Crippen LogP contribution in [0.2, 0.25) is 0 Å². The first-order chi connectivity index (χ1) is 8.54. The van der Waals surface area contributed by atoms with E-state index in [-0.39, 0.29) is 5.84 Å². The fraction of sp³-hybridized carbons (Fsp3) is 0.462. The molecular weight excluding hydrogens is 230 g/mol. The van der Waals surface area contributed by atoms with Crippen molar-refractivity contribution in [3.63, 3.8) is 0 Å². The molecule has 0 aliphatic carbocycles. The average molecular weight is 251 g/mol. The van der Waals surface area contributed by atoms with Crippen LogP contribution < -0.4 is 10.5 Å². The van der Waals surface area contributed by atoms with Crippen molar-refractivity contribution >= 4 is 5.84 Å². The van der Waals surface area contributed by atoms with Crippen LogP contribution in [0, 0.1) is 6.92 Å². The molecule has 0 spiro atoms. The summed E-state index contributed by atoms with van der Waals surface area (Å²) in [5.41, 5.74) is 7.30. The quantitative estimate of drug-likeness (QED) is 0.264. The highest BCUT2D eigenvalue weighted by atomic mass is 16.5. The zero-order valence-electron chi connectivity index (χ0n) is 11.2. The maximum Gasteiger partial charge on any atom is 0.173 e. The van der Waals surface area contributed by atoms with Gasteiger partial charge in [-0.05, 0) is 45.1 Å². The summed E-state index contributed by atoms with van der Waals surface area (Å²) in [6.07, 6.45) is 0.927. The van der Waals surface area contributed by atoms with E-state index in [0.29, 0.717) is 17.9 Å². The molecule has 0 amide bonds. The lowest BCUT2D eigenvalue weighted by Crippen LogP contribution is -2.17. The minimum absolute atomic E-state index is 0.0672. The lowest BCUT2D eigenvalue weighted by Gasteiger charge is -2.13. The minimum Gasteiger partial charge on any atom is -0.493 e. The number of aryl methyl sites for hydroxylation is 1. The zero-order chi connectivity index (χ0) is 13.5. The van der Waals surface area contributed by atoms with E-state index in [4.69, 9.17) is 15.7 Å². The Morgan fingerprint density at radius 2 is 2.17 bits per heavy atom. The fourth-order valence-corrected chi connectivity index (χ4v) is 1.58. The van der Waals surface area contributed by atoms with E-state index in [1.54, 1.807) is 6.07 Å². The summed E-state index contributed by atoms with van der Waals surface area (Å²) in [5, 5.41) is 11.7. The molecule has 0 aliphatic rings. The Balaban J connectivity index is 2.71. The maximum atomic E-state index is 8.73. The summed E-state index contributed by atoms with van der Waals surface area (Å²) in [6.45, 7) is 3.54. The normalized spacial score (nSPS) is 11.9. The van der Waals surface area contributed by atoms with Gasteiger partial charge in [-0.25, -0.2) is 0 Å². The molecule has 1 rings (SSSR count). The number of nitrogens with two attached hydrogens (primary N) is 1. The molecule has 0 radical (unpaired) electrons. The van der Waals surface area contributed by atoms with Crippen molar-refractivity contribution < 1.29 is 9.94 Å². The maximum absolute atomic E-state index is 8.73. The molecule has 100 valence electrons. The van der Waals surface area contributed by atoms with Crippen LogP contribution in [0.15, 0.2) is 23.4 Å². The number of rotatable bonds is 6. The molecule has 0 fully saturated rings. The van der Waals surface area contributed by atoms with Gasteiger partial charge in [0.1, 0.15) is 5.75 Å². The van der Waals surface area contributed by atoms with Gasteiger partial charge in [0.15, 0.2) is 5.84 Å². The van der Waals surface area contributed by atoms with Crippen LogP contribution in [0.1, 0.15) is 17.5 Å². The van der Waals surface area contributed by atoms with Crippen molar-refractivity contribution in [3.8, 4) is 5.75 Å². The SMILES string of the molecule is Cc1ccc(C(N)=NO)c(OCCCN(C)C)c1. The van der Waals surface area contributed by atoms with Gasteiger partial charge in [-0.15, -0.1) is 0 Å². The van der Waals surface area contributed by atoms with Crippen LogP contribution in [0.4, 0.5) is 0 Å².